The van der Waals surface area contributed by atoms with Gasteiger partial charge in [-0.2, -0.15) is 0 Å². The van der Waals surface area contributed by atoms with Crippen LogP contribution in [0.4, 0.5) is 9.93 Å². The molecule has 0 bridgehead atoms. The minimum Gasteiger partial charge on any atom is -0.481 e. The average Bonchev–Trinajstić information content (AvgIpc) is 2.91. The van der Waals surface area contributed by atoms with Crippen molar-refractivity contribution >= 4 is 28.5 Å². The molecular weight excluding hydrogens is 292 g/mol. The highest BCUT2D eigenvalue weighted by molar-refractivity contribution is 7.15. The van der Waals surface area contributed by atoms with E-state index in [1.165, 1.54) is 11.3 Å². The topological polar surface area (TPSA) is 88.5 Å². The van der Waals surface area contributed by atoms with E-state index in [2.05, 4.69) is 10.3 Å². The van der Waals surface area contributed by atoms with Gasteiger partial charge in [0.2, 0.25) is 0 Å². The fourth-order valence-corrected chi connectivity index (χ4v) is 2.36. The zero-order valence-electron chi connectivity index (χ0n) is 11.1. The third-order valence-electron chi connectivity index (χ3n) is 2.56. The first-order valence-corrected chi connectivity index (χ1v) is 7.09. The standard InChI is InChI=1S/C14H14N2O4S/c17-12(18)7-6-11-8-15-13(21-11)16-14(19)20-9-10-4-2-1-3-5-10/h1-5,8H,6-7,9H2,(H,17,18)(H,15,16,19). The van der Waals surface area contributed by atoms with Crippen molar-refractivity contribution in [2.45, 2.75) is 19.4 Å². The number of ether oxygens (including phenoxy) is 1. The molecule has 2 N–H and O–H groups in total. The van der Waals surface area contributed by atoms with Gasteiger partial charge in [-0.25, -0.2) is 9.78 Å². The quantitative estimate of drug-likeness (QED) is 0.856. The zero-order chi connectivity index (χ0) is 15.1. The molecule has 0 aliphatic heterocycles. The Labute approximate surface area is 125 Å². The second kappa shape index (κ2) is 7.39. The van der Waals surface area contributed by atoms with E-state index in [9.17, 15) is 9.59 Å². The molecule has 0 spiro atoms. The van der Waals surface area contributed by atoms with Gasteiger partial charge in [-0.05, 0) is 12.0 Å². The summed E-state index contributed by atoms with van der Waals surface area (Å²) in [4.78, 5) is 26.9. The van der Waals surface area contributed by atoms with Crippen molar-refractivity contribution in [3.8, 4) is 0 Å². The van der Waals surface area contributed by atoms with Crippen LogP contribution in [0, 0.1) is 0 Å². The van der Waals surface area contributed by atoms with E-state index in [0.717, 1.165) is 10.4 Å². The molecular formula is C14H14N2O4S. The number of thiazole rings is 1. The Morgan fingerprint density at radius 2 is 2.05 bits per heavy atom. The number of hydrogen-bond donors (Lipinski definition) is 2. The molecule has 0 radical (unpaired) electrons. The molecule has 0 unspecified atom stereocenters. The number of aryl methyl sites for hydroxylation is 1. The van der Waals surface area contributed by atoms with Gasteiger partial charge in [0.1, 0.15) is 6.61 Å². The molecule has 1 aromatic carbocycles. The van der Waals surface area contributed by atoms with Crippen LogP contribution in [0.2, 0.25) is 0 Å². The number of nitrogens with one attached hydrogen (secondary N) is 1. The number of carboxylic acids is 1. The summed E-state index contributed by atoms with van der Waals surface area (Å²) in [6.07, 6.45) is 1.41. The summed E-state index contributed by atoms with van der Waals surface area (Å²) in [5.74, 6) is -0.861. The van der Waals surface area contributed by atoms with Gasteiger partial charge in [0, 0.05) is 11.1 Å². The zero-order valence-corrected chi connectivity index (χ0v) is 11.9. The molecule has 1 heterocycles. The van der Waals surface area contributed by atoms with Gasteiger partial charge in [-0.3, -0.25) is 10.1 Å². The molecule has 7 heteroatoms. The largest absolute Gasteiger partial charge is 0.481 e. The smallest absolute Gasteiger partial charge is 0.413 e. The minimum atomic E-state index is -0.861. The molecule has 1 aromatic heterocycles. The number of rotatable bonds is 6. The highest BCUT2D eigenvalue weighted by Gasteiger charge is 2.08. The van der Waals surface area contributed by atoms with Crippen LogP contribution in [0.3, 0.4) is 0 Å². The van der Waals surface area contributed by atoms with E-state index >= 15 is 0 Å². The lowest BCUT2D eigenvalue weighted by Gasteiger charge is -2.04. The van der Waals surface area contributed by atoms with Gasteiger partial charge in [0.05, 0.1) is 6.42 Å². The second-order valence-corrected chi connectivity index (χ2v) is 5.33. The fraction of sp³-hybridized carbons (Fsp3) is 0.214. The van der Waals surface area contributed by atoms with Crippen molar-refractivity contribution in [2.75, 3.05) is 5.32 Å². The Morgan fingerprint density at radius 3 is 2.76 bits per heavy atom. The van der Waals surface area contributed by atoms with Crippen LogP contribution >= 0.6 is 11.3 Å². The van der Waals surface area contributed by atoms with E-state index in [-0.39, 0.29) is 13.0 Å². The first-order chi connectivity index (χ1) is 10.1. The van der Waals surface area contributed by atoms with Crippen molar-refractivity contribution in [3.63, 3.8) is 0 Å². The first-order valence-electron chi connectivity index (χ1n) is 6.27. The highest BCUT2D eigenvalue weighted by Crippen LogP contribution is 2.19. The van der Waals surface area contributed by atoms with Crippen LogP contribution in [0.1, 0.15) is 16.9 Å². The van der Waals surface area contributed by atoms with E-state index in [1.54, 1.807) is 6.20 Å². The van der Waals surface area contributed by atoms with Crippen LogP contribution < -0.4 is 5.32 Å². The van der Waals surface area contributed by atoms with Gasteiger partial charge >= 0.3 is 12.1 Å². The van der Waals surface area contributed by atoms with Crippen molar-refractivity contribution < 1.29 is 19.4 Å². The maximum atomic E-state index is 11.6. The summed E-state index contributed by atoms with van der Waals surface area (Å²) in [6.45, 7) is 0.184. The van der Waals surface area contributed by atoms with E-state index in [1.807, 2.05) is 30.3 Å². The number of aliphatic carboxylic acids is 1. The van der Waals surface area contributed by atoms with Gasteiger partial charge in [0.15, 0.2) is 5.13 Å². The molecule has 1 amide bonds. The van der Waals surface area contributed by atoms with Gasteiger partial charge in [0.25, 0.3) is 0 Å². The highest BCUT2D eigenvalue weighted by atomic mass is 32.1. The molecule has 110 valence electrons. The van der Waals surface area contributed by atoms with E-state index in [4.69, 9.17) is 9.84 Å². The number of carbonyl (C=O) groups is 2. The third-order valence-corrected chi connectivity index (χ3v) is 3.53. The number of carbonyl (C=O) groups excluding carboxylic acids is 1. The number of benzene rings is 1. The first kappa shape index (κ1) is 15.0. The summed E-state index contributed by atoms with van der Waals surface area (Å²) in [5.41, 5.74) is 0.897. The second-order valence-electron chi connectivity index (χ2n) is 4.21. The minimum absolute atomic E-state index is 0.0418. The van der Waals surface area contributed by atoms with E-state index in [0.29, 0.717) is 11.6 Å². The molecule has 6 nitrogen and oxygen atoms in total. The third kappa shape index (κ3) is 5.23. The van der Waals surface area contributed by atoms with Crippen molar-refractivity contribution in [1.29, 1.82) is 0 Å². The summed E-state index contributed by atoms with van der Waals surface area (Å²) < 4.78 is 5.06. The van der Waals surface area contributed by atoms with Crippen molar-refractivity contribution in [1.82, 2.24) is 4.98 Å². The number of carboxylic acid groups (broad SMARTS) is 1. The van der Waals surface area contributed by atoms with Crippen molar-refractivity contribution in [2.24, 2.45) is 0 Å². The van der Waals surface area contributed by atoms with Gasteiger partial charge in [-0.15, -0.1) is 11.3 Å². The number of hydrogen-bond acceptors (Lipinski definition) is 5. The van der Waals surface area contributed by atoms with Crippen LogP contribution in [0.5, 0.6) is 0 Å². The summed E-state index contributed by atoms with van der Waals surface area (Å²) in [7, 11) is 0. The number of amides is 1. The SMILES string of the molecule is O=C(O)CCc1cnc(NC(=O)OCc2ccccc2)s1. The molecule has 0 fully saturated rings. The molecule has 2 aromatic rings. The predicted molar refractivity (Wildman–Crippen MR) is 78.3 cm³/mol. The Kier molecular flexibility index (Phi) is 5.28. The molecule has 0 atom stereocenters. The summed E-state index contributed by atoms with van der Waals surface area (Å²) in [5, 5.41) is 11.5. The Bertz CT molecular complexity index is 612. The van der Waals surface area contributed by atoms with E-state index < -0.39 is 12.1 Å². The molecule has 0 aliphatic rings. The maximum Gasteiger partial charge on any atom is 0.413 e. The van der Waals surface area contributed by atoms with Crippen LogP contribution in [0.15, 0.2) is 36.5 Å². The van der Waals surface area contributed by atoms with Gasteiger partial charge in [-0.1, -0.05) is 30.3 Å². The predicted octanol–water partition coefficient (Wildman–Crippen LogP) is 2.91. The normalized spacial score (nSPS) is 10.1. The lowest BCUT2D eigenvalue weighted by atomic mass is 10.2. The Hall–Kier alpha value is -2.41. The summed E-state index contributed by atoms with van der Waals surface area (Å²) >= 11 is 1.24. The fourth-order valence-electron chi connectivity index (χ4n) is 1.56. The van der Waals surface area contributed by atoms with Crippen LogP contribution in [-0.4, -0.2) is 22.2 Å². The number of nitrogens with zero attached hydrogens (tertiary/aromatic N) is 1. The molecule has 0 saturated carbocycles. The monoisotopic (exact) mass is 306 g/mol. The van der Waals surface area contributed by atoms with Gasteiger partial charge < -0.3 is 9.84 Å². The molecule has 2 rings (SSSR count). The molecule has 0 saturated heterocycles. The Morgan fingerprint density at radius 1 is 1.29 bits per heavy atom. The van der Waals surface area contributed by atoms with Crippen LogP contribution in [0.25, 0.3) is 0 Å². The lowest BCUT2D eigenvalue weighted by molar-refractivity contribution is -0.136. The molecule has 21 heavy (non-hydrogen) atoms. The lowest BCUT2D eigenvalue weighted by Crippen LogP contribution is -2.13. The number of anilines is 1. The molecule has 0 aliphatic carbocycles. The maximum absolute atomic E-state index is 11.6. The van der Waals surface area contributed by atoms with Crippen molar-refractivity contribution in [3.05, 3.63) is 47.0 Å². The average molecular weight is 306 g/mol. The summed E-state index contributed by atoms with van der Waals surface area (Å²) in [6, 6.07) is 9.34. The number of aromatic nitrogens is 1. The van der Waals surface area contributed by atoms with Crippen LogP contribution in [-0.2, 0) is 22.6 Å². The Balaban J connectivity index is 1.78.